The number of nitrogens with zero attached hydrogens (tertiary/aromatic N) is 1. The molecule has 2 aliphatic carbocycles. The molecule has 45 heavy (non-hydrogen) atoms. The predicted octanol–water partition coefficient (Wildman–Crippen LogP) is 9.64. The van der Waals surface area contributed by atoms with Gasteiger partial charge < -0.3 is 14.2 Å². The maximum atomic E-state index is 18.1. The van der Waals surface area contributed by atoms with Crippen molar-refractivity contribution >= 4 is 16.8 Å². The normalized spacial score (nSPS) is 24.3. The molecule has 222 valence electrons. The number of halogens is 2. The van der Waals surface area contributed by atoms with Crippen molar-refractivity contribution in [2.24, 2.45) is 0 Å². The van der Waals surface area contributed by atoms with E-state index >= 15 is 8.78 Å². The Kier molecular flexibility index (Phi) is 6.05. The van der Waals surface area contributed by atoms with Crippen LogP contribution in [0.25, 0.3) is 28.0 Å². The molecule has 0 radical (unpaired) electrons. The molecule has 0 N–H and O–H groups in total. The molecule has 1 aliphatic heterocycles. The van der Waals surface area contributed by atoms with E-state index in [1.54, 1.807) is 37.6 Å². The second-order valence-corrected chi connectivity index (χ2v) is 12.0. The molecule has 0 bridgehead atoms. The van der Waals surface area contributed by atoms with Crippen LogP contribution in [0.15, 0.2) is 103 Å². The maximum absolute atomic E-state index is 18.1. The monoisotopic (exact) mass is 597 g/mol. The number of benzene rings is 5. The first-order valence-electron chi connectivity index (χ1n) is 15.2. The first kappa shape index (κ1) is 27.4. The number of ether oxygens (including phenoxy) is 3. The summed E-state index contributed by atoms with van der Waals surface area (Å²) in [5.74, 6) is 1.41. The summed E-state index contributed by atoms with van der Waals surface area (Å²) >= 11 is 0. The SMILES string of the molecule is COc1ccc(C2(c3ccc(OC#N)cc3)C=Cc3c(c4c(c5ccccc35)-c3ccccc3C3(F)CCCCC43F)O2)cc1. The molecular weight excluding hydrogens is 568 g/mol. The first-order valence-corrected chi connectivity index (χ1v) is 15.2. The van der Waals surface area contributed by atoms with Crippen molar-refractivity contribution in [2.75, 3.05) is 7.11 Å². The molecule has 5 aromatic carbocycles. The molecule has 0 amide bonds. The second kappa shape index (κ2) is 9.93. The summed E-state index contributed by atoms with van der Waals surface area (Å²) in [6.45, 7) is 0. The van der Waals surface area contributed by atoms with Gasteiger partial charge in [-0.05, 0) is 78.4 Å². The average Bonchev–Trinajstić information content (AvgIpc) is 3.09. The lowest BCUT2D eigenvalue weighted by Gasteiger charge is -2.50. The number of rotatable bonds is 4. The molecule has 0 saturated heterocycles. The van der Waals surface area contributed by atoms with Gasteiger partial charge >= 0.3 is 0 Å². The van der Waals surface area contributed by atoms with Crippen molar-refractivity contribution < 1.29 is 23.0 Å². The molecule has 3 unspecified atom stereocenters. The van der Waals surface area contributed by atoms with Gasteiger partial charge in [0.05, 0.1) is 7.11 Å². The highest BCUT2D eigenvalue weighted by Gasteiger charge is 2.63. The van der Waals surface area contributed by atoms with E-state index in [1.807, 2.05) is 84.9 Å². The van der Waals surface area contributed by atoms with Crippen LogP contribution in [-0.2, 0) is 16.9 Å². The second-order valence-electron chi connectivity index (χ2n) is 12.0. The van der Waals surface area contributed by atoms with Crippen molar-refractivity contribution in [1.82, 2.24) is 0 Å². The minimum Gasteiger partial charge on any atom is -0.497 e. The Labute approximate surface area is 260 Å². The fourth-order valence-corrected chi connectivity index (χ4v) is 7.76. The van der Waals surface area contributed by atoms with Crippen LogP contribution in [0, 0.1) is 11.5 Å². The number of hydrogen-bond donors (Lipinski definition) is 0. The van der Waals surface area contributed by atoms with Gasteiger partial charge in [0, 0.05) is 33.4 Å². The van der Waals surface area contributed by atoms with Crippen LogP contribution in [0.3, 0.4) is 0 Å². The van der Waals surface area contributed by atoms with Crippen LogP contribution in [0.2, 0.25) is 0 Å². The zero-order valence-electron chi connectivity index (χ0n) is 24.6. The molecule has 0 spiro atoms. The van der Waals surface area contributed by atoms with Gasteiger partial charge in [-0.2, -0.15) is 0 Å². The van der Waals surface area contributed by atoms with Crippen molar-refractivity contribution in [3.8, 4) is 34.6 Å². The number of nitriles is 1. The van der Waals surface area contributed by atoms with Gasteiger partial charge in [0.25, 0.3) is 6.26 Å². The highest BCUT2D eigenvalue weighted by Crippen LogP contribution is 2.66. The van der Waals surface area contributed by atoms with Crippen molar-refractivity contribution in [1.29, 1.82) is 5.26 Å². The van der Waals surface area contributed by atoms with Gasteiger partial charge in [-0.1, -0.05) is 72.8 Å². The van der Waals surface area contributed by atoms with Crippen molar-refractivity contribution in [3.63, 3.8) is 0 Å². The average molecular weight is 598 g/mol. The summed E-state index contributed by atoms with van der Waals surface area (Å²) in [7, 11) is 1.61. The minimum absolute atomic E-state index is 0.0540. The van der Waals surface area contributed by atoms with Crippen molar-refractivity contribution in [3.05, 3.63) is 131 Å². The molecular formula is C39H29F2NO3. The molecule has 1 fully saturated rings. The number of hydrogen-bond acceptors (Lipinski definition) is 4. The number of fused-ring (bicyclic) bond motifs is 11. The fourth-order valence-electron chi connectivity index (χ4n) is 7.76. The van der Waals surface area contributed by atoms with Gasteiger partial charge in [0.1, 0.15) is 17.2 Å². The molecule has 3 aliphatic rings. The van der Waals surface area contributed by atoms with Crippen molar-refractivity contribution in [2.45, 2.75) is 42.6 Å². The molecule has 4 nitrogen and oxygen atoms in total. The summed E-state index contributed by atoms with van der Waals surface area (Å²) in [5.41, 5.74) is -1.39. The molecule has 0 aromatic heterocycles. The van der Waals surface area contributed by atoms with Gasteiger partial charge in [-0.3, -0.25) is 0 Å². The number of alkyl halides is 2. The Morgan fingerprint density at radius 1 is 0.756 bits per heavy atom. The lowest BCUT2D eigenvalue weighted by molar-refractivity contribution is -0.0883. The maximum Gasteiger partial charge on any atom is 0.292 e. The van der Waals surface area contributed by atoms with E-state index in [-0.39, 0.29) is 18.4 Å². The Balaban J connectivity index is 1.46. The van der Waals surface area contributed by atoms with Crippen LogP contribution in [-0.4, -0.2) is 7.11 Å². The fraction of sp³-hybridized carbons (Fsp3) is 0.205. The number of methoxy groups -OCH3 is 1. The topological polar surface area (TPSA) is 51.5 Å². The van der Waals surface area contributed by atoms with Crippen LogP contribution in [0.4, 0.5) is 8.78 Å². The van der Waals surface area contributed by atoms with Crippen LogP contribution >= 0.6 is 0 Å². The molecule has 6 heteroatoms. The largest absolute Gasteiger partial charge is 0.497 e. The van der Waals surface area contributed by atoms with Gasteiger partial charge in [-0.15, -0.1) is 5.26 Å². The Morgan fingerprint density at radius 3 is 2.07 bits per heavy atom. The van der Waals surface area contributed by atoms with E-state index in [0.29, 0.717) is 46.8 Å². The lowest BCUT2D eigenvalue weighted by atomic mass is 9.60. The standard InChI is InChI=1S/C39H29F2NO3/c1-43-27-16-12-25(13-17-27)37(26-14-18-28(19-15-26)44-24-42)23-20-31-29-8-2-3-9-30(29)34-32-10-4-5-11-33(32)38(40)21-6-7-22-39(38,41)35(34)36(31)45-37/h2-5,8-20,23H,6-7,21-22H2,1H3. The minimum atomic E-state index is -2.30. The van der Waals surface area contributed by atoms with E-state index in [4.69, 9.17) is 19.5 Å². The van der Waals surface area contributed by atoms with Gasteiger partial charge in [-0.25, -0.2) is 8.78 Å². The van der Waals surface area contributed by atoms with Gasteiger partial charge in [0.15, 0.2) is 16.9 Å². The highest BCUT2D eigenvalue weighted by atomic mass is 19.2. The van der Waals surface area contributed by atoms with E-state index in [9.17, 15) is 0 Å². The molecule has 1 saturated carbocycles. The Morgan fingerprint density at radius 2 is 1.38 bits per heavy atom. The Hall–Kier alpha value is -5.15. The first-order chi connectivity index (χ1) is 21.9. The van der Waals surface area contributed by atoms with Gasteiger partial charge in [0.2, 0.25) is 0 Å². The summed E-state index contributed by atoms with van der Waals surface area (Å²) in [5, 5.41) is 10.8. The smallest absolute Gasteiger partial charge is 0.292 e. The molecule has 5 aromatic rings. The summed E-state index contributed by atoms with van der Waals surface area (Å²) < 4.78 is 53.4. The molecule has 3 atom stereocenters. The third kappa shape index (κ3) is 3.73. The zero-order valence-corrected chi connectivity index (χ0v) is 24.6. The lowest BCUT2D eigenvalue weighted by Crippen LogP contribution is -2.49. The van der Waals surface area contributed by atoms with E-state index in [2.05, 4.69) is 0 Å². The van der Waals surface area contributed by atoms with E-state index in [0.717, 1.165) is 27.5 Å². The van der Waals surface area contributed by atoms with E-state index < -0.39 is 16.9 Å². The van der Waals surface area contributed by atoms with E-state index in [1.165, 1.54) is 0 Å². The summed E-state index contributed by atoms with van der Waals surface area (Å²) in [6.07, 6.45) is 7.00. The summed E-state index contributed by atoms with van der Waals surface area (Å²) in [6, 6.07) is 29.9. The van der Waals surface area contributed by atoms with Crippen LogP contribution in [0.1, 0.15) is 53.5 Å². The zero-order chi connectivity index (χ0) is 30.8. The molecule has 1 heterocycles. The predicted molar refractivity (Wildman–Crippen MR) is 170 cm³/mol. The highest BCUT2D eigenvalue weighted by molar-refractivity contribution is 6.07. The Bertz CT molecular complexity index is 2050. The molecule has 8 rings (SSSR count). The third-order valence-corrected chi connectivity index (χ3v) is 9.86. The summed E-state index contributed by atoms with van der Waals surface area (Å²) in [4.78, 5) is 0. The van der Waals surface area contributed by atoms with Crippen LogP contribution < -0.4 is 14.2 Å². The third-order valence-electron chi connectivity index (χ3n) is 9.86. The van der Waals surface area contributed by atoms with Crippen LogP contribution in [0.5, 0.6) is 17.2 Å². The quantitative estimate of drug-likeness (QED) is 0.194.